The highest BCUT2D eigenvalue weighted by Gasteiger charge is 2.15. The minimum atomic E-state index is -3.57. The summed E-state index contributed by atoms with van der Waals surface area (Å²) in [5.74, 6) is 5.01. The lowest BCUT2D eigenvalue weighted by Crippen LogP contribution is -2.43. The Hall–Kier alpha value is -1.15. The number of hydrazine groups is 1. The fraction of sp³-hybridized carbons (Fsp3) is 0.400. The highest BCUT2D eigenvalue weighted by Crippen LogP contribution is 2.19. The molecule has 7 heteroatoms. The maximum atomic E-state index is 11.6. The maximum absolute atomic E-state index is 11.6. The Morgan fingerprint density at radius 3 is 2.65 bits per heavy atom. The zero-order valence-corrected chi connectivity index (χ0v) is 10.2. The first-order valence-electron chi connectivity index (χ1n) is 5.41. The topological polar surface area (TPSA) is 87.5 Å². The van der Waals surface area contributed by atoms with Gasteiger partial charge in [-0.05, 0) is 18.2 Å². The summed E-state index contributed by atoms with van der Waals surface area (Å²) in [7, 11) is -3.57. The van der Waals surface area contributed by atoms with E-state index in [1.54, 1.807) is 12.1 Å². The van der Waals surface area contributed by atoms with Crippen LogP contribution in [0.4, 0.5) is 5.69 Å². The van der Waals surface area contributed by atoms with E-state index in [9.17, 15) is 8.42 Å². The Kier molecular flexibility index (Phi) is 3.63. The molecule has 2 rings (SSSR count). The van der Waals surface area contributed by atoms with Gasteiger partial charge in [0.25, 0.3) is 10.0 Å². The summed E-state index contributed by atoms with van der Waals surface area (Å²) in [6.07, 6.45) is 0. The van der Waals surface area contributed by atoms with Crippen LogP contribution in [0.15, 0.2) is 29.2 Å². The third-order valence-electron chi connectivity index (χ3n) is 2.77. The Balaban J connectivity index is 2.28. The van der Waals surface area contributed by atoms with Crippen molar-refractivity contribution in [3.63, 3.8) is 0 Å². The predicted octanol–water partition coefficient (Wildman–Crippen LogP) is -0.752. The molecule has 0 amide bonds. The molecule has 1 heterocycles. The van der Waals surface area contributed by atoms with Gasteiger partial charge in [0.2, 0.25) is 0 Å². The summed E-state index contributed by atoms with van der Waals surface area (Å²) in [5, 5.41) is 3.25. The number of rotatable bonds is 3. The van der Waals surface area contributed by atoms with Crippen LogP contribution in [0.1, 0.15) is 0 Å². The minimum absolute atomic E-state index is 0.191. The van der Waals surface area contributed by atoms with Gasteiger partial charge in [0.15, 0.2) is 0 Å². The normalized spacial score (nSPS) is 17.1. The van der Waals surface area contributed by atoms with Crippen molar-refractivity contribution in [2.75, 3.05) is 31.1 Å². The summed E-state index contributed by atoms with van der Waals surface area (Å²) in [6.45, 7) is 3.57. The SMILES string of the molecule is NNS(=O)(=O)c1cccc(N2CCNCC2)c1. The summed E-state index contributed by atoms with van der Waals surface area (Å²) >= 11 is 0. The molecule has 0 saturated carbocycles. The van der Waals surface area contributed by atoms with Crippen LogP contribution in [0.5, 0.6) is 0 Å². The van der Waals surface area contributed by atoms with Gasteiger partial charge in [-0.25, -0.2) is 8.42 Å². The second kappa shape index (κ2) is 5.01. The Bertz CT molecular complexity index is 483. The molecule has 1 saturated heterocycles. The van der Waals surface area contributed by atoms with Crippen LogP contribution in [-0.4, -0.2) is 34.6 Å². The highest BCUT2D eigenvalue weighted by atomic mass is 32.2. The maximum Gasteiger partial charge on any atom is 0.253 e. The van der Waals surface area contributed by atoms with E-state index in [4.69, 9.17) is 5.84 Å². The number of nitrogens with two attached hydrogens (primary N) is 1. The van der Waals surface area contributed by atoms with Gasteiger partial charge in [0.1, 0.15) is 0 Å². The van der Waals surface area contributed by atoms with Gasteiger partial charge in [-0.15, -0.1) is 0 Å². The van der Waals surface area contributed by atoms with Crippen molar-refractivity contribution in [1.29, 1.82) is 0 Å². The van der Waals surface area contributed by atoms with Crippen molar-refractivity contribution in [2.45, 2.75) is 4.90 Å². The molecule has 0 aromatic heterocycles. The number of hydrogen-bond acceptors (Lipinski definition) is 5. The number of nitrogens with one attached hydrogen (secondary N) is 2. The van der Waals surface area contributed by atoms with Gasteiger partial charge in [-0.3, -0.25) is 5.84 Å². The fourth-order valence-electron chi connectivity index (χ4n) is 1.84. The van der Waals surface area contributed by atoms with Crippen molar-refractivity contribution in [3.8, 4) is 0 Å². The van der Waals surface area contributed by atoms with Crippen molar-refractivity contribution >= 4 is 15.7 Å². The Labute approximate surface area is 101 Å². The summed E-state index contributed by atoms with van der Waals surface area (Å²) < 4.78 is 23.1. The quantitative estimate of drug-likeness (QED) is 0.489. The molecule has 0 bridgehead atoms. The zero-order chi connectivity index (χ0) is 12.3. The third-order valence-corrected chi connectivity index (χ3v) is 3.95. The largest absolute Gasteiger partial charge is 0.369 e. The smallest absolute Gasteiger partial charge is 0.253 e. The number of nitrogens with zero attached hydrogens (tertiary/aromatic N) is 1. The average Bonchev–Trinajstić information content (AvgIpc) is 2.40. The van der Waals surface area contributed by atoms with Gasteiger partial charge >= 0.3 is 0 Å². The number of anilines is 1. The van der Waals surface area contributed by atoms with E-state index in [0.29, 0.717) is 0 Å². The second-order valence-corrected chi connectivity index (χ2v) is 5.57. The van der Waals surface area contributed by atoms with E-state index >= 15 is 0 Å². The van der Waals surface area contributed by atoms with E-state index in [1.807, 2.05) is 10.9 Å². The van der Waals surface area contributed by atoms with Gasteiger partial charge < -0.3 is 10.2 Å². The molecule has 1 aromatic carbocycles. The first kappa shape index (κ1) is 12.3. The third kappa shape index (κ3) is 2.75. The Morgan fingerprint density at radius 1 is 1.29 bits per heavy atom. The molecule has 0 atom stereocenters. The molecular formula is C10H16N4O2S. The van der Waals surface area contributed by atoms with Gasteiger partial charge in [-0.1, -0.05) is 6.07 Å². The molecule has 0 radical (unpaired) electrons. The van der Waals surface area contributed by atoms with Crippen LogP contribution in [-0.2, 0) is 10.0 Å². The zero-order valence-electron chi connectivity index (χ0n) is 9.39. The van der Waals surface area contributed by atoms with Crippen LogP contribution in [0.3, 0.4) is 0 Å². The molecule has 94 valence electrons. The number of piperazine rings is 1. The van der Waals surface area contributed by atoms with E-state index in [-0.39, 0.29) is 4.90 Å². The summed E-state index contributed by atoms with van der Waals surface area (Å²) in [6, 6.07) is 6.80. The van der Waals surface area contributed by atoms with Crippen LogP contribution in [0.25, 0.3) is 0 Å². The first-order valence-corrected chi connectivity index (χ1v) is 6.90. The fourth-order valence-corrected chi connectivity index (χ4v) is 2.51. The van der Waals surface area contributed by atoms with Crippen LogP contribution in [0.2, 0.25) is 0 Å². The van der Waals surface area contributed by atoms with E-state index < -0.39 is 10.0 Å². The molecule has 0 unspecified atom stereocenters. The molecule has 6 nitrogen and oxygen atoms in total. The molecule has 1 aliphatic rings. The van der Waals surface area contributed by atoms with Crippen molar-refractivity contribution in [3.05, 3.63) is 24.3 Å². The van der Waals surface area contributed by atoms with Crippen LogP contribution < -0.4 is 20.9 Å². The molecule has 1 aliphatic heterocycles. The number of hydrogen-bond donors (Lipinski definition) is 3. The van der Waals surface area contributed by atoms with E-state index in [1.165, 1.54) is 6.07 Å². The first-order chi connectivity index (χ1) is 8.13. The number of benzene rings is 1. The molecule has 0 spiro atoms. The monoisotopic (exact) mass is 256 g/mol. The summed E-state index contributed by atoms with van der Waals surface area (Å²) in [4.78, 5) is 4.16. The highest BCUT2D eigenvalue weighted by molar-refractivity contribution is 7.89. The van der Waals surface area contributed by atoms with Crippen molar-refractivity contribution in [1.82, 2.24) is 10.1 Å². The predicted molar refractivity (Wildman–Crippen MR) is 66.0 cm³/mol. The van der Waals surface area contributed by atoms with Gasteiger partial charge in [0, 0.05) is 31.9 Å². The van der Waals surface area contributed by atoms with E-state index in [2.05, 4.69) is 10.2 Å². The lowest BCUT2D eigenvalue weighted by Gasteiger charge is -2.29. The number of sulfonamides is 1. The lowest BCUT2D eigenvalue weighted by molar-refractivity contribution is 0.582. The van der Waals surface area contributed by atoms with Crippen molar-refractivity contribution in [2.24, 2.45) is 5.84 Å². The standard InChI is InChI=1S/C10H16N4O2S/c11-13-17(15,16)10-3-1-2-9(8-10)14-6-4-12-5-7-14/h1-3,8,12-13H,4-7,11H2. The van der Waals surface area contributed by atoms with Gasteiger partial charge in [0.05, 0.1) is 4.90 Å². The van der Waals surface area contributed by atoms with E-state index in [0.717, 1.165) is 31.9 Å². The van der Waals surface area contributed by atoms with Crippen LogP contribution in [0, 0.1) is 0 Å². The van der Waals surface area contributed by atoms with Crippen LogP contribution >= 0.6 is 0 Å². The Morgan fingerprint density at radius 2 is 2.00 bits per heavy atom. The summed E-state index contributed by atoms with van der Waals surface area (Å²) in [5.41, 5.74) is 0.905. The molecule has 4 N–H and O–H groups in total. The molecule has 1 aromatic rings. The average molecular weight is 256 g/mol. The lowest BCUT2D eigenvalue weighted by atomic mass is 10.2. The molecular weight excluding hydrogens is 240 g/mol. The van der Waals surface area contributed by atoms with Crippen molar-refractivity contribution < 1.29 is 8.42 Å². The van der Waals surface area contributed by atoms with Gasteiger partial charge in [-0.2, -0.15) is 4.83 Å². The molecule has 0 aliphatic carbocycles. The second-order valence-electron chi connectivity index (χ2n) is 3.86. The minimum Gasteiger partial charge on any atom is -0.369 e. The molecule has 17 heavy (non-hydrogen) atoms. The molecule has 1 fully saturated rings.